The smallest absolute Gasteiger partial charge is 0.229 e. The Labute approximate surface area is 129 Å². The average molecular weight is 298 g/mol. The quantitative estimate of drug-likeness (QED) is 0.871. The molecule has 1 atom stereocenters. The van der Waals surface area contributed by atoms with Crippen LogP contribution in [0.1, 0.15) is 18.0 Å². The van der Waals surface area contributed by atoms with Gasteiger partial charge in [-0.15, -0.1) is 11.8 Å². The molecule has 0 aromatic heterocycles. The van der Waals surface area contributed by atoms with Gasteiger partial charge in [0.2, 0.25) is 5.91 Å². The normalized spacial score (nSPS) is 17.5. The van der Waals surface area contributed by atoms with E-state index in [9.17, 15) is 4.79 Å². The number of rotatable bonds is 3. The van der Waals surface area contributed by atoms with Gasteiger partial charge in [0.25, 0.3) is 0 Å². The van der Waals surface area contributed by atoms with Gasteiger partial charge < -0.3 is 10.2 Å². The number of benzene rings is 2. The maximum absolute atomic E-state index is 12.2. The number of carbonyl (C=O) groups excluding carboxylic acids is 1. The van der Waals surface area contributed by atoms with Crippen LogP contribution in [0.25, 0.3) is 0 Å². The summed E-state index contributed by atoms with van der Waals surface area (Å²) in [5.41, 5.74) is 3.26. The Bertz CT molecular complexity index is 671. The maximum atomic E-state index is 12.2. The van der Waals surface area contributed by atoms with Gasteiger partial charge in [-0.1, -0.05) is 30.3 Å². The zero-order valence-corrected chi connectivity index (χ0v) is 13.0. The Balaban J connectivity index is 1.96. The summed E-state index contributed by atoms with van der Waals surface area (Å²) in [7, 11) is 1.84. The number of thioether (sulfide) groups is 1. The van der Waals surface area contributed by atoms with E-state index in [1.807, 2.05) is 37.4 Å². The van der Waals surface area contributed by atoms with Gasteiger partial charge in [0.1, 0.15) is 0 Å². The number of nitrogens with one attached hydrogen (secondary N) is 1. The van der Waals surface area contributed by atoms with E-state index in [2.05, 4.69) is 29.8 Å². The van der Waals surface area contributed by atoms with Crippen molar-refractivity contribution in [1.82, 2.24) is 0 Å². The zero-order valence-electron chi connectivity index (χ0n) is 12.2. The standard InChI is InChI=1S/C17H18N2OS/c1-19-15-9-5-3-7-12(15)14(11-17(19)20)18-13-8-4-6-10-16(13)21-2/h3-10,14,18H,11H2,1-2H3. The largest absolute Gasteiger partial charge is 0.377 e. The Morgan fingerprint density at radius 2 is 1.86 bits per heavy atom. The maximum Gasteiger partial charge on any atom is 0.229 e. The first kappa shape index (κ1) is 14.0. The van der Waals surface area contributed by atoms with Gasteiger partial charge in [-0.05, 0) is 30.0 Å². The van der Waals surface area contributed by atoms with E-state index >= 15 is 0 Å². The molecule has 1 heterocycles. The van der Waals surface area contributed by atoms with Crippen molar-refractivity contribution in [2.45, 2.75) is 17.4 Å². The second-order valence-corrected chi connectivity index (χ2v) is 5.96. The summed E-state index contributed by atoms with van der Waals surface area (Å²) >= 11 is 1.71. The van der Waals surface area contributed by atoms with Crippen molar-refractivity contribution in [3.63, 3.8) is 0 Å². The van der Waals surface area contributed by atoms with Crippen molar-refractivity contribution in [1.29, 1.82) is 0 Å². The topological polar surface area (TPSA) is 32.3 Å². The molecule has 21 heavy (non-hydrogen) atoms. The average Bonchev–Trinajstić information content (AvgIpc) is 2.53. The third-order valence-electron chi connectivity index (χ3n) is 3.86. The fourth-order valence-corrected chi connectivity index (χ4v) is 3.29. The lowest BCUT2D eigenvalue weighted by Gasteiger charge is -2.32. The van der Waals surface area contributed by atoms with Crippen LogP contribution in [-0.2, 0) is 4.79 Å². The number of para-hydroxylation sites is 2. The summed E-state index contributed by atoms with van der Waals surface area (Å²) in [4.78, 5) is 15.1. The van der Waals surface area contributed by atoms with E-state index in [1.54, 1.807) is 16.7 Å². The van der Waals surface area contributed by atoms with Crippen LogP contribution in [0.2, 0.25) is 0 Å². The summed E-state index contributed by atoms with van der Waals surface area (Å²) < 4.78 is 0. The van der Waals surface area contributed by atoms with E-state index in [0.29, 0.717) is 6.42 Å². The van der Waals surface area contributed by atoms with Crippen molar-refractivity contribution >= 4 is 29.0 Å². The predicted octanol–water partition coefficient (Wildman–Crippen LogP) is 3.93. The lowest BCUT2D eigenvalue weighted by Crippen LogP contribution is -2.35. The molecule has 0 saturated heterocycles. The molecule has 1 aliphatic rings. The minimum absolute atomic E-state index is 0.0261. The van der Waals surface area contributed by atoms with Gasteiger partial charge in [-0.3, -0.25) is 4.79 Å². The Morgan fingerprint density at radius 1 is 1.14 bits per heavy atom. The highest BCUT2D eigenvalue weighted by molar-refractivity contribution is 7.98. The van der Waals surface area contributed by atoms with Gasteiger partial charge in [0, 0.05) is 23.3 Å². The molecule has 1 amide bonds. The molecule has 0 bridgehead atoms. The van der Waals surface area contributed by atoms with Crippen molar-refractivity contribution in [3.8, 4) is 0 Å². The molecule has 1 N–H and O–H groups in total. The van der Waals surface area contributed by atoms with Gasteiger partial charge >= 0.3 is 0 Å². The molecule has 4 heteroatoms. The number of nitrogens with zero attached hydrogens (tertiary/aromatic N) is 1. The highest BCUT2D eigenvalue weighted by atomic mass is 32.2. The van der Waals surface area contributed by atoms with E-state index in [-0.39, 0.29) is 11.9 Å². The molecule has 0 saturated carbocycles. The second-order valence-electron chi connectivity index (χ2n) is 5.11. The van der Waals surface area contributed by atoms with E-state index in [1.165, 1.54) is 10.5 Å². The van der Waals surface area contributed by atoms with Crippen LogP contribution in [0.5, 0.6) is 0 Å². The summed E-state index contributed by atoms with van der Waals surface area (Å²) in [5, 5.41) is 3.54. The van der Waals surface area contributed by atoms with Crippen LogP contribution < -0.4 is 10.2 Å². The van der Waals surface area contributed by atoms with Gasteiger partial charge in [0.05, 0.1) is 12.5 Å². The van der Waals surface area contributed by atoms with Crippen molar-refractivity contribution < 1.29 is 4.79 Å². The number of anilines is 2. The minimum Gasteiger partial charge on any atom is -0.377 e. The SMILES string of the molecule is CSc1ccccc1NC1CC(=O)N(C)c2ccccc21. The highest BCUT2D eigenvalue weighted by Crippen LogP contribution is 2.37. The number of hydrogen-bond acceptors (Lipinski definition) is 3. The third kappa shape index (κ3) is 2.63. The third-order valence-corrected chi connectivity index (χ3v) is 4.66. The Kier molecular flexibility index (Phi) is 3.88. The lowest BCUT2D eigenvalue weighted by molar-refractivity contribution is -0.118. The van der Waals surface area contributed by atoms with Gasteiger partial charge in [-0.25, -0.2) is 0 Å². The number of carbonyl (C=O) groups is 1. The van der Waals surface area contributed by atoms with Crippen LogP contribution in [-0.4, -0.2) is 19.2 Å². The molecule has 0 aliphatic carbocycles. The highest BCUT2D eigenvalue weighted by Gasteiger charge is 2.28. The van der Waals surface area contributed by atoms with Crippen LogP contribution >= 0.6 is 11.8 Å². The fraction of sp³-hybridized carbons (Fsp3) is 0.235. The molecule has 2 aromatic carbocycles. The molecule has 3 nitrogen and oxygen atoms in total. The molecular formula is C17H18N2OS. The summed E-state index contributed by atoms with van der Waals surface area (Å²) in [6.45, 7) is 0. The Morgan fingerprint density at radius 3 is 2.67 bits per heavy atom. The summed E-state index contributed by atoms with van der Waals surface area (Å²) in [6, 6.07) is 16.3. The molecule has 2 aromatic rings. The molecule has 108 valence electrons. The van der Waals surface area contributed by atoms with Crippen LogP contribution in [0.4, 0.5) is 11.4 Å². The van der Waals surface area contributed by atoms with Crippen molar-refractivity contribution in [2.24, 2.45) is 0 Å². The summed E-state index contributed by atoms with van der Waals surface area (Å²) in [5.74, 6) is 0.146. The molecule has 0 spiro atoms. The number of amides is 1. The minimum atomic E-state index is 0.0261. The number of hydrogen-bond donors (Lipinski definition) is 1. The fourth-order valence-electron chi connectivity index (χ4n) is 2.72. The second kappa shape index (κ2) is 5.82. The van der Waals surface area contributed by atoms with E-state index < -0.39 is 0 Å². The van der Waals surface area contributed by atoms with E-state index in [0.717, 1.165) is 11.4 Å². The zero-order chi connectivity index (χ0) is 14.8. The van der Waals surface area contributed by atoms with Gasteiger partial charge in [0.15, 0.2) is 0 Å². The molecule has 1 unspecified atom stereocenters. The first-order chi connectivity index (χ1) is 10.2. The molecule has 1 aliphatic heterocycles. The van der Waals surface area contributed by atoms with E-state index in [4.69, 9.17) is 0 Å². The monoisotopic (exact) mass is 298 g/mol. The first-order valence-corrected chi connectivity index (χ1v) is 8.18. The Hall–Kier alpha value is -1.94. The molecular weight excluding hydrogens is 280 g/mol. The predicted molar refractivity (Wildman–Crippen MR) is 89.1 cm³/mol. The van der Waals surface area contributed by atoms with Crippen LogP contribution in [0, 0.1) is 0 Å². The van der Waals surface area contributed by atoms with Crippen molar-refractivity contribution in [2.75, 3.05) is 23.5 Å². The molecule has 0 radical (unpaired) electrons. The molecule has 3 rings (SSSR count). The van der Waals surface area contributed by atoms with Crippen LogP contribution in [0.3, 0.4) is 0 Å². The first-order valence-electron chi connectivity index (χ1n) is 6.95. The number of fused-ring (bicyclic) bond motifs is 1. The summed E-state index contributed by atoms with van der Waals surface area (Å²) in [6.07, 6.45) is 2.55. The lowest BCUT2D eigenvalue weighted by atomic mass is 9.96. The molecule has 0 fully saturated rings. The van der Waals surface area contributed by atoms with Gasteiger partial charge in [-0.2, -0.15) is 0 Å². The van der Waals surface area contributed by atoms with Crippen LogP contribution in [0.15, 0.2) is 53.4 Å². The van der Waals surface area contributed by atoms with Crippen molar-refractivity contribution in [3.05, 3.63) is 54.1 Å².